The second-order valence-corrected chi connectivity index (χ2v) is 4.83. The molecule has 0 spiro atoms. The van der Waals surface area contributed by atoms with Crippen molar-refractivity contribution in [3.63, 3.8) is 0 Å². The zero-order valence-electron chi connectivity index (χ0n) is 13.8. The van der Waals surface area contributed by atoms with Crippen LogP contribution in [0.15, 0.2) is 12.1 Å². The molecule has 1 aromatic rings. The van der Waals surface area contributed by atoms with Crippen LogP contribution in [0.2, 0.25) is 5.15 Å². The van der Waals surface area contributed by atoms with E-state index in [-0.39, 0.29) is 0 Å². The molecule has 0 radical (unpaired) electrons. The number of hydrogen-bond donors (Lipinski definition) is 1. The normalized spacial score (nSPS) is 9.45. The van der Waals surface area contributed by atoms with Crippen molar-refractivity contribution in [2.75, 3.05) is 5.32 Å². The van der Waals surface area contributed by atoms with Crippen molar-refractivity contribution < 1.29 is 9.53 Å². The van der Waals surface area contributed by atoms with Gasteiger partial charge in [0.15, 0.2) is 0 Å². The van der Waals surface area contributed by atoms with Crippen LogP contribution in [0.5, 0.6) is 0 Å². The van der Waals surface area contributed by atoms with Gasteiger partial charge in [-0.2, -0.15) is 0 Å². The van der Waals surface area contributed by atoms with Crippen molar-refractivity contribution in [1.29, 1.82) is 0 Å². The van der Waals surface area contributed by atoms with Gasteiger partial charge in [-0.25, -0.2) is 9.78 Å². The van der Waals surface area contributed by atoms with Crippen molar-refractivity contribution in [3.05, 3.63) is 23.0 Å². The molecule has 0 aliphatic rings. The highest BCUT2D eigenvalue weighted by atomic mass is 35.5. The highest BCUT2D eigenvalue weighted by molar-refractivity contribution is 6.29. The van der Waals surface area contributed by atoms with E-state index in [0.29, 0.717) is 10.8 Å². The third-order valence-electron chi connectivity index (χ3n) is 1.57. The summed E-state index contributed by atoms with van der Waals surface area (Å²) in [5, 5.41) is 2.93. The maximum absolute atomic E-state index is 11.5. The quantitative estimate of drug-likeness (QED) is 0.702. The molecule has 1 heterocycles. The lowest BCUT2D eigenvalue weighted by molar-refractivity contribution is 0.0636. The van der Waals surface area contributed by atoms with Gasteiger partial charge in [0.2, 0.25) is 0 Å². The molecule has 1 aromatic heterocycles. The molecule has 0 atom stereocenters. The number of aryl methyl sites for hydroxylation is 1. The predicted octanol–water partition coefficient (Wildman–Crippen LogP) is 5.44. The Balaban J connectivity index is 0. The number of carbonyl (C=O) groups is 1. The molecule has 0 aromatic carbocycles. The summed E-state index contributed by atoms with van der Waals surface area (Å²) in [7, 11) is 0. The molecule has 1 amide bonds. The molecule has 1 rings (SSSR count). The Morgan fingerprint density at radius 2 is 1.70 bits per heavy atom. The van der Waals surface area contributed by atoms with Crippen LogP contribution in [-0.4, -0.2) is 16.7 Å². The zero-order chi connectivity index (χ0) is 16.3. The molecule has 0 unspecified atom stereocenters. The summed E-state index contributed by atoms with van der Waals surface area (Å²) in [5.41, 5.74) is 0.793. The fourth-order valence-corrected chi connectivity index (χ4v) is 1.37. The standard InChI is InChI=1S/C11H15ClN2O2.2C2H6/c1-7-5-8(6-9(12)13-7)14-10(15)16-11(2,3)4;2*1-2/h5-6H,1-4H3,(H,13,14,15);2*1-2H3. The molecule has 0 saturated heterocycles. The molecule has 0 bridgehead atoms. The summed E-state index contributed by atoms with van der Waals surface area (Å²) in [6.45, 7) is 15.2. The van der Waals surface area contributed by atoms with Gasteiger partial charge in [-0.15, -0.1) is 0 Å². The first-order valence-electron chi connectivity index (χ1n) is 6.90. The first-order chi connectivity index (χ1) is 9.26. The minimum atomic E-state index is -0.518. The lowest BCUT2D eigenvalue weighted by atomic mass is 10.2. The Morgan fingerprint density at radius 1 is 1.20 bits per heavy atom. The topological polar surface area (TPSA) is 51.2 Å². The van der Waals surface area contributed by atoms with Crippen LogP contribution < -0.4 is 5.32 Å². The van der Waals surface area contributed by atoms with E-state index in [9.17, 15) is 4.79 Å². The predicted molar refractivity (Wildman–Crippen MR) is 86.5 cm³/mol. The summed E-state index contributed by atoms with van der Waals surface area (Å²) in [4.78, 5) is 15.4. The lowest BCUT2D eigenvalue weighted by Gasteiger charge is -2.19. The van der Waals surface area contributed by atoms with Crippen molar-refractivity contribution >= 4 is 23.4 Å². The molecule has 1 N–H and O–H groups in total. The maximum Gasteiger partial charge on any atom is 0.412 e. The molecule has 0 aliphatic carbocycles. The Labute approximate surface area is 127 Å². The number of nitrogens with zero attached hydrogens (tertiary/aromatic N) is 1. The largest absolute Gasteiger partial charge is 0.444 e. The fraction of sp³-hybridized carbons (Fsp3) is 0.600. The van der Waals surface area contributed by atoms with E-state index in [2.05, 4.69) is 10.3 Å². The number of ether oxygens (including phenoxy) is 1. The highest BCUT2D eigenvalue weighted by Crippen LogP contribution is 2.16. The first-order valence-corrected chi connectivity index (χ1v) is 7.28. The van der Waals surface area contributed by atoms with Gasteiger partial charge in [-0.1, -0.05) is 39.3 Å². The molecular formula is C15H27ClN2O2. The van der Waals surface area contributed by atoms with Crippen molar-refractivity contribution in [3.8, 4) is 0 Å². The van der Waals surface area contributed by atoms with E-state index >= 15 is 0 Å². The number of amides is 1. The van der Waals surface area contributed by atoms with Crippen LogP contribution in [0.25, 0.3) is 0 Å². The van der Waals surface area contributed by atoms with Gasteiger partial charge in [0, 0.05) is 11.4 Å². The van der Waals surface area contributed by atoms with Crippen LogP contribution in [0, 0.1) is 6.92 Å². The zero-order valence-corrected chi connectivity index (χ0v) is 14.6. The molecule has 0 saturated carbocycles. The van der Waals surface area contributed by atoms with Crippen LogP contribution >= 0.6 is 11.6 Å². The van der Waals surface area contributed by atoms with Crippen LogP contribution in [0.4, 0.5) is 10.5 Å². The number of anilines is 1. The number of hydrogen-bond acceptors (Lipinski definition) is 3. The van der Waals surface area contributed by atoms with Crippen LogP contribution in [0.3, 0.4) is 0 Å². The average Bonchev–Trinajstić information content (AvgIpc) is 2.30. The average molecular weight is 303 g/mol. The Bertz CT molecular complexity index is 381. The highest BCUT2D eigenvalue weighted by Gasteiger charge is 2.16. The number of nitrogens with one attached hydrogen (secondary N) is 1. The Hall–Kier alpha value is -1.29. The van der Waals surface area contributed by atoms with Crippen molar-refractivity contribution in [1.82, 2.24) is 4.98 Å². The summed E-state index contributed by atoms with van der Waals surface area (Å²) in [5.74, 6) is 0. The van der Waals surface area contributed by atoms with E-state index in [0.717, 1.165) is 5.69 Å². The van der Waals surface area contributed by atoms with Gasteiger partial charge in [-0.05, 0) is 39.8 Å². The van der Waals surface area contributed by atoms with Crippen molar-refractivity contribution in [2.45, 2.75) is 61.0 Å². The first kappa shape index (κ1) is 21.0. The number of rotatable bonds is 1. The molecule has 5 heteroatoms. The summed E-state index contributed by atoms with van der Waals surface area (Å²) < 4.78 is 5.11. The van der Waals surface area contributed by atoms with Crippen molar-refractivity contribution in [2.24, 2.45) is 0 Å². The van der Waals surface area contributed by atoms with E-state index in [1.54, 1.807) is 39.8 Å². The number of pyridine rings is 1. The second-order valence-electron chi connectivity index (χ2n) is 4.45. The van der Waals surface area contributed by atoms with Gasteiger partial charge in [0.05, 0.1) is 0 Å². The molecular weight excluding hydrogens is 276 g/mol. The molecule has 4 nitrogen and oxygen atoms in total. The molecule has 116 valence electrons. The lowest BCUT2D eigenvalue weighted by Crippen LogP contribution is -2.27. The second kappa shape index (κ2) is 10.5. The van der Waals surface area contributed by atoms with E-state index in [1.165, 1.54) is 0 Å². The van der Waals surface area contributed by atoms with Gasteiger partial charge in [0.1, 0.15) is 10.8 Å². The van der Waals surface area contributed by atoms with E-state index < -0.39 is 11.7 Å². The molecule has 0 fully saturated rings. The number of halogens is 1. The van der Waals surface area contributed by atoms with Crippen LogP contribution in [-0.2, 0) is 4.74 Å². The summed E-state index contributed by atoms with van der Waals surface area (Å²) in [6.07, 6.45) is -0.505. The Morgan fingerprint density at radius 3 is 2.10 bits per heavy atom. The minimum Gasteiger partial charge on any atom is -0.444 e. The SMILES string of the molecule is CC.CC.Cc1cc(NC(=O)OC(C)(C)C)cc(Cl)n1. The summed E-state index contributed by atoms with van der Waals surface area (Å²) >= 11 is 5.76. The van der Waals surface area contributed by atoms with Crippen LogP contribution in [0.1, 0.15) is 54.2 Å². The fourth-order valence-electron chi connectivity index (χ4n) is 1.12. The third-order valence-corrected chi connectivity index (χ3v) is 1.76. The van der Waals surface area contributed by atoms with E-state index in [1.807, 2.05) is 27.7 Å². The van der Waals surface area contributed by atoms with Gasteiger partial charge < -0.3 is 4.74 Å². The van der Waals surface area contributed by atoms with E-state index in [4.69, 9.17) is 16.3 Å². The van der Waals surface area contributed by atoms with Gasteiger partial charge in [-0.3, -0.25) is 5.32 Å². The van der Waals surface area contributed by atoms with Gasteiger partial charge >= 0.3 is 6.09 Å². The summed E-state index contributed by atoms with van der Waals surface area (Å²) in [6, 6.07) is 3.29. The molecule has 0 aliphatic heterocycles. The number of carbonyl (C=O) groups excluding carboxylic acids is 1. The smallest absolute Gasteiger partial charge is 0.412 e. The third kappa shape index (κ3) is 10.6. The maximum atomic E-state index is 11.5. The monoisotopic (exact) mass is 302 g/mol. The molecule has 20 heavy (non-hydrogen) atoms. The van der Waals surface area contributed by atoms with Gasteiger partial charge in [0.25, 0.3) is 0 Å². The number of aromatic nitrogens is 1. The minimum absolute atomic E-state index is 0.339. The Kier molecular flexibility index (Phi) is 11.0.